The molecule has 0 bridgehead atoms. The number of benzene rings is 2. The van der Waals surface area contributed by atoms with E-state index in [0.717, 1.165) is 22.1 Å². The molecule has 0 spiro atoms. The Morgan fingerprint density at radius 3 is 2.54 bits per heavy atom. The number of carbonyl (C=O) groups excluding carboxylic acids is 2. The molecule has 0 aliphatic rings. The van der Waals surface area contributed by atoms with Crippen LogP contribution in [0.4, 0.5) is 11.4 Å². The Balaban J connectivity index is 2.13. The van der Waals surface area contributed by atoms with Crippen LogP contribution in [0.2, 0.25) is 5.02 Å². The Hall–Kier alpha value is -2.93. The van der Waals surface area contributed by atoms with Crippen molar-refractivity contribution in [2.75, 3.05) is 18.9 Å². The molecule has 1 N–H and O–H groups in total. The number of nitrogens with one attached hydrogen (secondary N) is 1. The van der Waals surface area contributed by atoms with E-state index in [0.29, 0.717) is 5.69 Å². The quantitative estimate of drug-likeness (QED) is 0.638. The van der Waals surface area contributed by atoms with Gasteiger partial charge in [0.2, 0.25) is 5.91 Å². The molecule has 0 fully saturated rings. The lowest BCUT2D eigenvalue weighted by atomic mass is 10.1. The van der Waals surface area contributed by atoms with Gasteiger partial charge in [-0.15, -0.1) is 0 Å². The molecule has 2 aromatic carbocycles. The SMILES string of the molecule is Cc1ccc(C)c(NC(=O)CN(C)C(=O)c2ccc(Cl)cc2[N+](=O)[O-])c1. The van der Waals surface area contributed by atoms with Crippen LogP contribution in [-0.2, 0) is 4.79 Å². The van der Waals surface area contributed by atoms with Crippen molar-refractivity contribution >= 4 is 34.8 Å². The van der Waals surface area contributed by atoms with Gasteiger partial charge in [0.1, 0.15) is 5.56 Å². The van der Waals surface area contributed by atoms with E-state index in [-0.39, 0.29) is 17.1 Å². The summed E-state index contributed by atoms with van der Waals surface area (Å²) in [5, 5.41) is 14.0. The first-order valence-corrected chi connectivity index (χ1v) is 8.13. The van der Waals surface area contributed by atoms with E-state index in [4.69, 9.17) is 11.6 Å². The van der Waals surface area contributed by atoms with Crippen LogP contribution < -0.4 is 5.32 Å². The average Bonchev–Trinajstić information content (AvgIpc) is 2.57. The topological polar surface area (TPSA) is 92.6 Å². The van der Waals surface area contributed by atoms with Gasteiger partial charge >= 0.3 is 0 Å². The minimum Gasteiger partial charge on any atom is -0.332 e. The molecule has 0 saturated heterocycles. The number of rotatable bonds is 5. The Bertz CT molecular complexity index is 883. The van der Waals surface area contributed by atoms with E-state index in [1.165, 1.54) is 19.2 Å². The monoisotopic (exact) mass is 375 g/mol. The van der Waals surface area contributed by atoms with Gasteiger partial charge in [-0.25, -0.2) is 0 Å². The second kappa shape index (κ2) is 7.97. The minimum atomic E-state index is -0.677. The third kappa shape index (κ3) is 4.58. The van der Waals surface area contributed by atoms with Gasteiger partial charge in [-0.1, -0.05) is 23.7 Å². The number of nitro benzene ring substituents is 1. The molecule has 0 radical (unpaired) electrons. The highest BCUT2D eigenvalue weighted by molar-refractivity contribution is 6.31. The number of likely N-dealkylation sites (N-methyl/N-ethyl adjacent to an activating group) is 1. The number of hydrogen-bond acceptors (Lipinski definition) is 4. The summed E-state index contributed by atoms with van der Waals surface area (Å²) in [4.78, 5) is 36.3. The van der Waals surface area contributed by atoms with Crippen LogP contribution in [-0.4, -0.2) is 35.2 Å². The predicted octanol–water partition coefficient (Wildman–Crippen LogP) is 3.58. The fourth-order valence-electron chi connectivity index (χ4n) is 2.39. The highest BCUT2D eigenvalue weighted by Gasteiger charge is 2.24. The summed E-state index contributed by atoms with van der Waals surface area (Å²) in [6, 6.07) is 9.43. The van der Waals surface area contributed by atoms with Gasteiger partial charge < -0.3 is 10.2 Å². The second-order valence-electron chi connectivity index (χ2n) is 5.95. The number of anilines is 1. The predicted molar refractivity (Wildman–Crippen MR) is 99.6 cm³/mol. The molecule has 0 aliphatic heterocycles. The summed E-state index contributed by atoms with van der Waals surface area (Å²) < 4.78 is 0. The van der Waals surface area contributed by atoms with Crippen LogP contribution in [0.15, 0.2) is 36.4 Å². The molecule has 0 saturated carbocycles. The van der Waals surface area contributed by atoms with Crippen molar-refractivity contribution in [2.24, 2.45) is 0 Å². The highest BCUT2D eigenvalue weighted by atomic mass is 35.5. The lowest BCUT2D eigenvalue weighted by Crippen LogP contribution is -2.35. The zero-order valence-electron chi connectivity index (χ0n) is 14.6. The average molecular weight is 376 g/mol. The van der Waals surface area contributed by atoms with Gasteiger partial charge in [-0.05, 0) is 43.2 Å². The second-order valence-corrected chi connectivity index (χ2v) is 6.38. The Kier molecular flexibility index (Phi) is 5.94. The lowest BCUT2D eigenvalue weighted by Gasteiger charge is -2.17. The molecule has 136 valence electrons. The van der Waals surface area contributed by atoms with E-state index in [1.807, 2.05) is 32.0 Å². The molecule has 0 unspecified atom stereocenters. The van der Waals surface area contributed by atoms with Crippen molar-refractivity contribution < 1.29 is 14.5 Å². The summed E-state index contributed by atoms with van der Waals surface area (Å²) in [6.07, 6.45) is 0. The number of hydrogen-bond donors (Lipinski definition) is 1. The molecule has 0 aliphatic carbocycles. The van der Waals surface area contributed by atoms with Crippen LogP contribution in [0.25, 0.3) is 0 Å². The number of nitrogens with zero attached hydrogens (tertiary/aromatic N) is 2. The van der Waals surface area contributed by atoms with E-state index in [9.17, 15) is 19.7 Å². The van der Waals surface area contributed by atoms with Crippen molar-refractivity contribution in [2.45, 2.75) is 13.8 Å². The maximum Gasteiger partial charge on any atom is 0.283 e. The Morgan fingerprint density at radius 2 is 1.88 bits per heavy atom. The highest BCUT2D eigenvalue weighted by Crippen LogP contribution is 2.24. The van der Waals surface area contributed by atoms with Crippen molar-refractivity contribution in [1.82, 2.24) is 4.90 Å². The van der Waals surface area contributed by atoms with Crippen molar-refractivity contribution in [3.05, 3.63) is 68.2 Å². The van der Waals surface area contributed by atoms with E-state index in [2.05, 4.69) is 5.32 Å². The van der Waals surface area contributed by atoms with Gasteiger partial charge in [-0.2, -0.15) is 0 Å². The fraction of sp³-hybridized carbons (Fsp3) is 0.222. The number of nitro groups is 1. The number of amides is 2. The van der Waals surface area contributed by atoms with Crippen LogP contribution in [0, 0.1) is 24.0 Å². The number of carbonyl (C=O) groups is 2. The van der Waals surface area contributed by atoms with Crippen LogP contribution in [0.3, 0.4) is 0 Å². The lowest BCUT2D eigenvalue weighted by molar-refractivity contribution is -0.385. The maximum absolute atomic E-state index is 12.5. The molecular weight excluding hydrogens is 358 g/mol. The van der Waals surface area contributed by atoms with Crippen LogP contribution in [0.1, 0.15) is 21.5 Å². The molecule has 2 amide bonds. The van der Waals surface area contributed by atoms with Gasteiger partial charge in [0.25, 0.3) is 11.6 Å². The summed E-state index contributed by atoms with van der Waals surface area (Å²) in [5.74, 6) is -1.03. The summed E-state index contributed by atoms with van der Waals surface area (Å²) in [7, 11) is 1.41. The van der Waals surface area contributed by atoms with Crippen molar-refractivity contribution in [3.8, 4) is 0 Å². The summed E-state index contributed by atoms with van der Waals surface area (Å²) in [6.45, 7) is 3.53. The normalized spacial score (nSPS) is 10.3. The van der Waals surface area contributed by atoms with Gasteiger partial charge in [0.05, 0.1) is 11.5 Å². The van der Waals surface area contributed by atoms with E-state index in [1.54, 1.807) is 0 Å². The van der Waals surface area contributed by atoms with Crippen LogP contribution in [0.5, 0.6) is 0 Å². The summed E-state index contributed by atoms with van der Waals surface area (Å²) >= 11 is 5.75. The van der Waals surface area contributed by atoms with E-state index < -0.39 is 22.4 Å². The third-order valence-corrected chi connectivity index (χ3v) is 4.02. The first-order valence-electron chi connectivity index (χ1n) is 7.75. The maximum atomic E-state index is 12.5. The largest absolute Gasteiger partial charge is 0.332 e. The summed E-state index contributed by atoms with van der Waals surface area (Å²) in [5.41, 5.74) is 2.03. The molecule has 8 heteroatoms. The molecule has 7 nitrogen and oxygen atoms in total. The molecule has 2 aromatic rings. The zero-order chi connectivity index (χ0) is 19.4. The van der Waals surface area contributed by atoms with E-state index >= 15 is 0 Å². The standard InChI is InChI=1S/C18H18ClN3O4/c1-11-4-5-12(2)15(8-11)20-17(23)10-21(3)18(24)14-7-6-13(19)9-16(14)22(25)26/h4-9H,10H2,1-3H3,(H,20,23). The Morgan fingerprint density at radius 1 is 1.19 bits per heavy atom. The molecule has 0 heterocycles. The molecule has 26 heavy (non-hydrogen) atoms. The Labute approximate surface area is 155 Å². The van der Waals surface area contributed by atoms with Gasteiger partial charge in [0.15, 0.2) is 0 Å². The van der Waals surface area contributed by atoms with Gasteiger partial charge in [0, 0.05) is 23.8 Å². The first kappa shape index (κ1) is 19.4. The third-order valence-electron chi connectivity index (χ3n) is 3.78. The number of halogens is 1. The van der Waals surface area contributed by atoms with Crippen molar-refractivity contribution in [1.29, 1.82) is 0 Å². The van der Waals surface area contributed by atoms with Crippen LogP contribution >= 0.6 is 11.6 Å². The molecule has 0 aromatic heterocycles. The number of aryl methyl sites for hydroxylation is 2. The molecule has 2 rings (SSSR count). The molecular formula is C18H18ClN3O4. The van der Waals surface area contributed by atoms with Crippen molar-refractivity contribution in [3.63, 3.8) is 0 Å². The zero-order valence-corrected chi connectivity index (χ0v) is 15.3. The van der Waals surface area contributed by atoms with Gasteiger partial charge in [-0.3, -0.25) is 19.7 Å². The first-order chi connectivity index (χ1) is 12.2. The minimum absolute atomic E-state index is 0.124. The smallest absolute Gasteiger partial charge is 0.283 e. The fourth-order valence-corrected chi connectivity index (χ4v) is 2.56. The molecule has 0 atom stereocenters.